The molecule has 2 aromatic rings. The minimum atomic E-state index is -0.587. The van der Waals surface area contributed by atoms with Gasteiger partial charge in [-0.15, -0.1) is 11.3 Å². The topological polar surface area (TPSA) is 46.2 Å². The molecule has 0 radical (unpaired) electrons. The Morgan fingerprint density at radius 1 is 1.33 bits per heavy atom. The van der Waals surface area contributed by atoms with Crippen molar-refractivity contribution in [1.82, 2.24) is 0 Å². The highest BCUT2D eigenvalue weighted by atomic mass is 35.5. The molecule has 2 heterocycles. The minimum absolute atomic E-state index is 0.161. The summed E-state index contributed by atoms with van der Waals surface area (Å²) < 4.78 is 0. The van der Waals surface area contributed by atoms with E-state index in [2.05, 4.69) is 6.07 Å². The Labute approximate surface area is 138 Å². The highest BCUT2D eigenvalue weighted by molar-refractivity contribution is 7.98. The molecule has 1 aliphatic heterocycles. The fourth-order valence-electron chi connectivity index (χ4n) is 2.72. The molecule has 3 N–H and O–H groups in total. The SMILES string of the molecule is NCC(c1ccccc1Cl)C(O)c1cc2c(s1)CCSC2. The third kappa shape index (κ3) is 3.15. The van der Waals surface area contributed by atoms with E-state index in [9.17, 15) is 5.11 Å². The molecule has 2 nitrogen and oxygen atoms in total. The van der Waals surface area contributed by atoms with Gasteiger partial charge < -0.3 is 10.8 Å². The summed E-state index contributed by atoms with van der Waals surface area (Å²) in [5.41, 5.74) is 8.22. The molecule has 0 bridgehead atoms. The average Bonchev–Trinajstić information content (AvgIpc) is 2.93. The predicted molar refractivity (Wildman–Crippen MR) is 92.4 cm³/mol. The van der Waals surface area contributed by atoms with Crippen LogP contribution in [0.25, 0.3) is 0 Å². The Bertz CT molecular complexity index is 605. The molecule has 1 aromatic carbocycles. The Kier molecular flexibility index (Phi) is 4.92. The lowest BCUT2D eigenvalue weighted by atomic mass is 9.92. The number of benzene rings is 1. The molecule has 2 atom stereocenters. The van der Waals surface area contributed by atoms with Gasteiger partial charge in [-0.05, 0) is 35.4 Å². The first kappa shape index (κ1) is 15.4. The summed E-state index contributed by atoms with van der Waals surface area (Å²) in [5.74, 6) is 2.07. The van der Waals surface area contributed by atoms with Crippen LogP contribution in [0.3, 0.4) is 0 Å². The zero-order valence-electron chi connectivity index (χ0n) is 11.6. The van der Waals surface area contributed by atoms with Gasteiger partial charge in [0.15, 0.2) is 0 Å². The maximum Gasteiger partial charge on any atom is 0.0963 e. The van der Waals surface area contributed by atoms with Gasteiger partial charge in [0, 0.05) is 33.0 Å². The summed E-state index contributed by atoms with van der Waals surface area (Å²) in [7, 11) is 0. The molecule has 5 heteroatoms. The summed E-state index contributed by atoms with van der Waals surface area (Å²) in [6, 6.07) is 9.78. The standard InChI is InChI=1S/C16H18ClNOS2/c17-13-4-2-1-3-11(13)12(8-18)16(19)15-7-10-9-20-6-5-14(10)21-15/h1-4,7,12,16,19H,5-6,8-9,18H2. The molecule has 3 rings (SSSR count). The molecule has 1 aliphatic rings. The molecule has 0 fully saturated rings. The van der Waals surface area contributed by atoms with Crippen molar-refractivity contribution >= 4 is 34.7 Å². The summed E-state index contributed by atoms with van der Waals surface area (Å²) in [6.45, 7) is 0.377. The van der Waals surface area contributed by atoms with Crippen molar-refractivity contribution in [2.45, 2.75) is 24.2 Å². The van der Waals surface area contributed by atoms with E-state index in [0.717, 1.165) is 22.6 Å². The van der Waals surface area contributed by atoms with E-state index in [-0.39, 0.29) is 5.92 Å². The van der Waals surface area contributed by atoms with Crippen LogP contribution >= 0.6 is 34.7 Å². The number of nitrogens with two attached hydrogens (primary N) is 1. The van der Waals surface area contributed by atoms with Crippen LogP contribution in [0, 0.1) is 0 Å². The van der Waals surface area contributed by atoms with Gasteiger partial charge in [-0.3, -0.25) is 0 Å². The third-order valence-corrected chi connectivity index (χ3v) is 6.54. The fourth-order valence-corrected chi connectivity index (χ4v) is 5.42. The molecule has 0 aliphatic carbocycles. The first-order valence-electron chi connectivity index (χ1n) is 7.02. The lowest BCUT2D eigenvalue weighted by Crippen LogP contribution is -2.20. The number of thioether (sulfide) groups is 1. The quantitative estimate of drug-likeness (QED) is 0.886. The largest absolute Gasteiger partial charge is 0.387 e. The van der Waals surface area contributed by atoms with Crippen molar-refractivity contribution in [3.63, 3.8) is 0 Å². The first-order valence-corrected chi connectivity index (χ1v) is 9.37. The Balaban J connectivity index is 1.90. The highest BCUT2D eigenvalue weighted by Gasteiger charge is 2.26. The monoisotopic (exact) mass is 339 g/mol. The molecule has 0 saturated carbocycles. The number of fused-ring (bicyclic) bond motifs is 1. The summed E-state index contributed by atoms with van der Waals surface area (Å²) in [4.78, 5) is 2.43. The molecule has 0 amide bonds. The van der Waals surface area contributed by atoms with Crippen LogP contribution in [0.1, 0.15) is 32.9 Å². The lowest BCUT2D eigenvalue weighted by molar-refractivity contribution is 0.151. The number of thiophene rings is 1. The van der Waals surface area contributed by atoms with E-state index in [4.69, 9.17) is 17.3 Å². The Morgan fingerprint density at radius 2 is 2.14 bits per heavy atom. The van der Waals surface area contributed by atoms with E-state index >= 15 is 0 Å². The molecular formula is C16H18ClNOS2. The van der Waals surface area contributed by atoms with Gasteiger partial charge in [-0.25, -0.2) is 0 Å². The number of hydrogen-bond donors (Lipinski definition) is 2. The van der Waals surface area contributed by atoms with E-state index in [1.165, 1.54) is 16.2 Å². The van der Waals surface area contributed by atoms with Gasteiger partial charge in [0.05, 0.1) is 6.10 Å². The van der Waals surface area contributed by atoms with E-state index in [1.807, 2.05) is 36.0 Å². The van der Waals surface area contributed by atoms with Crippen molar-refractivity contribution in [2.75, 3.05) is 12.3 Å². The fraction of sp³-hybridized carbons (Fsp3) is 0.375. The molecule has 0 spiro atoms. The van der Waals surface area contributed by atoms with Crippen LogP contribution in [-0.2, 0) is 12.2 Å². The smallest absolute Gasteiger partial charge is 0.0963 e. The van der Waals surface area contributed by atoms with Crippen molar-refractivity contribution in [1.29, 1.82) is 0 Å². The van der Waals surface area contributed by atoms with Gasteiger partial charge in [0.1, 0.15) is 0 Å². The van der Waals surface area contributed by atoms with Crippen molar-refractivity contribution < 1.29 is 5.11 Å². The Hall–Kier alpha value is -0.520. The van der Waals surface area contributed by atoms with Crippen molar-refractivity contribution in [3.05, 3.63) is 56.2 Å². The maximum atomic E-state index is 10.8. The second-order valence-corrected chi connectivity index (χ2v) is 7.89. The molecule has 0 saturated heterocycles. The van der Waals surface area contributed by atoms with Crippen LogP contribution in [0.4, 0.5) is 0 Å². The first-order chi connectivity index (χ1) is 10.2. The summed E-state index contributed by atoms with van der Waals surface area (Å²) >= 11 is 9.94. The molecule has 2 unspecified atom stereocenters. The minimum Gasteiger partial charge on any atom is -0.387 e. The lowest BCUT2D eigenvalue weighted by Gasteiger charge is -2.22. The van der Waals surface area contributed by atoms with Crippen LogP contribution in [0.2, 0.25) is 5.02 Å². The maximum absolute atomic E-state index is 10.8. The van der Waals surface area contributed by atoms with E-state index < -0.39 is 6.10 Å². The number of hydrogen-bond acceptors (Lipinski definition) is 4. The number of aryl methyl sites for hydroxylation is 1. The summed E-state index contributed by atoms with van der Waals surface area (Å²) in [6.07, 6.45) is 0.520. The zero-order valence-corrected chi connectivity index (χ0v) is 14.0. The van der Waals surface area contributed by atoms with Gasteiger partial charge in [0.2, 0.25) is 0 Å². The summed E-state index contributed by atoms with van der Waals surface area (Å²) in [5, 5.41) is 11.4. The molecule has 112 valence electrons. The second kappa shape index (κ2) is 6.71. The molecule has 1 aromatic heterocycles. The zero-order chi connectivity index (χ0) is 14.8. The van der Waals surface area contributed by atoms with Gasteiger partial charge in [-0.1, -0.05) is 29.8 Å². The number of aliphatic hydroxyl groups is 1. The van der Waals surface area contributed by atoms with Crippen LogP contribution in [0.15, 0.2) is 30.3 Å². The van der Waals surface area contributed by atoms with Crippen LogP contribution in [-0.4, -0.2) is 17.4 Å². The number of rotatable bonds is 4. The third-order valence-electron chi connectivity index (χ3n) is 3.88. The Morgan fingerprint density at radius 3 is 2.86 bits per heavy atom. The normalized spacial score (nSPS) is 17.3. The van der Waals surface area contributed by atoms with E-state index in [1.54, 1.807) is 11.3 Å². The number of aliphatic hydroxyl groups excluding tert-OH is 1. The van der Waals surface area contributed by atoms with Crippen molar-refractivity contribution in [2.24, 2.45) is 5.73 Å². The number of halogens is 1. The second-order valence-electron chi connectivity index (χ2n) is 5.21. The van der Waals surface area contributed by atoms with Crippen LogP contribution < -0.4 is 5.73 Å². The molecule has 21 heavy (non-hydrogen) atoms. The van der Waals surface area contributed by atoms with Gasteiger partial charge >= 0.3 is 0 Å². The highest BCUT2D eigenvalue weighted by Crippen LogP contribution is 2.40. The van der Waals surface area contributed by atoms with Crippen LogP contribution in [0.5, 0.6) is 0 Å². The van der Waals surface area contributed by atoms with Crippen molar-refractivity contribution in [3.8, 4) is 0 Å². The average molecular weight is 340 g/mol. The van der Waals surface area contributed by atoms with E-state index in [0.29, 0.717) is 11.6 Å². The molecular weight excluding hydrogens is 322 g/mol. The van der Waals surface area contributed by atoms with Gasteiger partial charge in [0.25, 0.3) is 0 Å². The predicted octanol–water partition coefficient (Wildman–Crippen LogP) is 3.97. The van der Waals surface area contributed by atoms with Gasteiger partial charge in [-0.2, -0.15) is 11.8 Å².